The highest BCUT2D eigenvalue weighted by Gasteiger charge is 2.06. The van der Waals surface area contributed by atoms with Gasteiger partial charge in [0.15, 0.2) is 0 Å². The predicted octanol–water partition coefficient (Wildman–Crippen LogP) is 4.00. The van der Waals surface area contributed by atoms with Crippen molar-refractivity contribution in [2.24, 2.45) is 0 Å². The molecule has 0 atom stereocenters. The third-order valence-corrected chi connectivity index (χ3v) is 3.47. The highest BCUT2D eigenvalue weighted by atomic mass is 35.5. The van der Waals surface area contributed by atoms with Crippen LogP contribution in [0.2, 0.25) is 0 Å². The van der Waals surface area contributed by atoms with Crippen molar-refractivity contribution in [3.05, 3.63) is 40.7 Å². The van der Waals surface area contributed by atoms with Crippen LogP contribution in [0.25, 0.3) is 10.6 Å². The van der Waals surface area contributed by atoms with Gasteiger partial charge in [0.2, 0.25) is 0 Å². The molecule has 0 saturated heterocycles. The number of hydrogen-bond acceptors (Lipinski definition) is 2. The lowest BCUT2D eigenvalue weighted by Gasteiger charge is -1.98. The van der Waals surface area contributed by atoms with E-state index in [-0.39, 0.29) is 5.82 Å². The van der Waals surface area contributed by atoms with Crippen molar-refractivity contribution in [2.75, 3.05) is 0 Å². The van der Waals surface area contributed by atoms with Crippen molar-refractivity contribution >= 4 is 22.9 Å². The van der Waals surface area contributed by atoms with E-state index in [1.165, 1.54) is 23.5 Å². The molecule has 0 aliphatic heterocycles. The molecule has 1 nitrogen and oxygen atoms in total. The van der Waals surface area contributed by atoms with Crippen LogP contribution in [0.15, 0.2) is 24.4 Å². The Bertz CT molecular complexity index is 461. The summed E-state index contributed by atoms with van der Waals surface area (Å²) in [7, 11) is 0. The summed E-state index contributed by atoms with van der Waals surface area (Å²) in [6, 6.07) is 4.91. The molecule has 0 unspecified atom stereocenters. The highest BCUT2D eigenvalue weighted by Crippen LogP contribution is 2.27. The maximum Gasteiger partial charge on any atom is 0.124 e. The van der Waals surface area contributed by atoms with Gasteiger partial charge in [-0.2, -0.15) is 0 Å². The standard InChI is InChI=1S/C11H9ClFNS/c1-7-2-8(4-9(13)3-7)11-14-6-10(5-12)15-11/h2-4,6H,5H2,1H3. The van der Waals surface area contributed by atoms with Crippen LogP contribution in [0.4, 0.5) is 4.39 Å². The van der Waals surface area contributed by atoms with Crippen molar-refractivity contribution in [2.45, 2.75) is 12.8 Å². The Kier molecular flexibility index (Phi) is 3.03. The molecule has 15 heavy (non-hydrogen) atoms. The molecule has 2 aromatic rings. The molecule has 1 heterocycles. The molecule has 0 spiro atoms. The normalized spacial score (nSPS) is 10.6. The Hall–Kier alpha value is -0.930. The summed E-state index contributed by atoms with van der Waals surface area (Å²) in [5.74, 6) is 0.221. The van der Waals surface area contributed by atoms with Crippen molar-refractivity contribution in [3.8, 4) is 10.6 Å². The minimum atomic E-state index is -0.229. The van der Waals surface area contributed by atoms with Gasteiger partial charge in [-0.05, 0) is 30.7 Å². The fraction of sp³-hybridized carbons (Fsp3) is 0.182. The lowest BCUT2D eigenvalue weighted by atomic mass is 10.1. The zero-order chi connectivity index (χ0) is 10.8. The fourth-order valence-corrected chi connectivity index (χ4v) is 2.34. The molecule has 1 aromatic carbocycles. The second kappa shape index (κ2) is 4.29. The van der Waals surface area contributed by atoms with Gasteiger partial charge in [-0.25, -0.2) is 9.37 Å². The number of benzene rings is 1. The molecule has 0 amide bonds. The zero-order valence-corrected chi connectivity index (χ0v) is 9.70. The van der Waals surface area contributed by atoms with Crippen LogP contribution >= 0.6 is 22.9 Å². The minimum Gasteiger partial charge on any atom is -0.244 e. The van der Waals surface area contributed by atoms with Gasteiger partial charge in [-0.15, -0.1) is 22.9 Å². The molecule has 78 valence electrons. The summed E-state index contributed by atoms with van der Waals surface area (Å²) in [4.78, 5) is 5.20. The smallest absolute Gasteiger partial charge is 0.124 e. The number of rotatable bonds is 2. The average molecular weight is 242 g/mol. The van der Waals surface area contributed by atoms with E-state index in [4.69, 9.17) is 11.6 Å². The summed E-state index contributed by atoms with van der Waals surface area (Å²) in [6.07, 6.45) is 1.73. The lowest BCUT2D eigenvalue weighted by Crippen LogP contribution is -1.81. The molecule has 0 radical (unpaired) electrons. The second-order valence-electron chi connectivity index (χ2n) is 3.28. The lowest BCUT2D eigenvalue weighted by molar-refractivity contribution is 0.627. The number of aromatic nitrogens is 1. The largest absolute Gasteiger partial charge is 0.244 e. The Morgan fingerprint density at radius 2 is 2.20 bits per heavy atom. The Morgan fingerprint density at radius 3 is 2.80 bits per heavy atom. The maximum atomic E-state index is 13.2. The van der Waals surface area contributed by atoms with Crippen molar-refractivity contribution in [3.63, 3.8) is 0 Å². The molecule has 2 rings (SSSR count). The first kappa shape index (κ1) is 10.6. The van der Waals surface area contributed by atoms with E-state index in [0.29, 0.717) is 5.88 Å². The van der Waals surface area contributed by atoms with Crippen LogP contribution < -0.4 is 0 Å². The fourth-order valence-electron chi connectivity index (χ4n) is 1.36. The number of thiazole rings is 1. The molecule has 0 aliphatic carbocycles. The van der Waals surface area contributed by atoms with Crippen LogP contribution in [0.1, 0.15) is 10.4 Å². The van der Waals surface area contributed by atoms with Gasteiger partial charge in [0.1, 0.15) is 10.8 Å². The molecule has 0 fully saturated rings. The summed E-state index contributed by atoms with van der Waals surface area (Å²) >= 11 is 7.18. The van der Waals surface area contributed by atoms with E-state index in [9.17, 15) is 4.39 Å². The summed E-state index contributed by atoms with van der Waals surface area (Å²) in [5, 5.41) is 0.813. The molecule has 0 saturated carbocycles. The Morgan fingerprint density at radius 1 is 1.40 bits per heavy atom. The Labute approximate surface area is 96.5 Å². The number of hydrogen-bond donors (Lipinski definition) is 0. The SMILES string of the molecule is Cc1cc(F)cc(-c2ncc(CCl)s2)c1. The van der Waals surface area contributed by atoms with Crippen molar-refractivity contribution in [1.29, 1.82) is 0 Å². The van der Waals surface area contributed by atoms with Gasteiger partial charge in [-0.3, -0.25) is 0 Å². The molecular weight excluding hydrogens is 233 g/mol. The number of halogens is 2. The van der Waals surface area contributed by atoms with Crippen LogP contribution in [0.5, 0.6) is 0 Å². The highest BCUT2D eigenvalue weighted by molar-refractivity contribution is 7.15. The summed E-state index contributed by atoms with van der Waals surface area (Å²) in [6.45, 7) is 1.86. The van der Waals surface area contributed by atoms with Gasteiger partial charge < -0.3 is 0 Å². The van der Waals surface area contributed by atoms with E-state index in [0.717, 1.165) is 21.0 Å². The van der Waals surface area contributed by atoms with Crippen molar-refractivity contribution < 1.29 is 4.39 Å². The first-order valence-corrected chi connectivity index (χ1v) is 5.82. The molecular formula is C11H9ClFNS. The van der Waals surface area contributed by atoms with E-state index in [1.54, 1.807) is 6.20 Å². The van der Waals surface area contributed by atoms with E-state index < -0.39 is 0 Å². The number of aryl methyl sites for hydroxylation is 1. The van der Waals surface area contributed by atoms with Gasteiger partial charge >= 0.3 is 0 Å². The van der Waals surface area contributed by atoms with E-state index in [1.807, 2.05) is 13.0 Å². The quantitative estimate of drug-likeness (QED) is 0.725. The van der Waals surface area contributed by atoms with Gasteiger partial charge in [0.05, 0.1) is 5.88 Å². The van der Waals surface area contributed by atoms with Crippen LogP contribution in [-0.4, -0.2) is 4.98 Å². The molecule has 0 bridgehead atoms. The summed E-state index contributed by atoms with van der Waals surface area (Å²) in [5.41, 5.74) is 1.71. The van der Waals surface area contributed by atoms with Crippen molar-refractivity contribution in [1.82, 2.24) is 4.98 Å². The van der Waals surface area contributed by atoms with E-state index in [2.05, 4.69) is 4.98 Å². The van der Waals surface area contributed by atoms with Gasteiger partial charge in [0, 0.05) is 16.6 Å². The van der Waals surface area contributed by atoms with Crippen LogP contribution in [0, 0.1) is 12.7 Å². The molecule has 0 aliphatic rings. The molecule has 4 heteroatoms. The number of nitrogens with zero attached hydrogens (tertiary/aromatic N) is 1. The minimum absolute atomic E-state index is 0.229. The average Bonchev–Trinajstić information content (AvgIpc) is 2.64. The molecule has 1 aromatic heterocycles. The second-order valence-corrected chi connectivity index (χ2v) is 4.67. The maximum absolute atomic E-state index is 13.2. The number of alkyl halides is 1. The monoisotopic (exact) mass is 241 g/mol. The predicted molar refractivity (Wildman–Crippen MR) is 61.8 cm³/mol. The zero-order valence-electron chi connectivity index (χ0n) is 8.13. The summed E-state index contributed by atoms with van der Waals surface area (Å²) < 4.78 is 13.2. The van der Waals surface area contributed by atoms with Crippen LogP contribution in [0.3, 0.4) is 0 Å². The first-order valence-electron chi connectivity index (χ1n) is 4.47. The van der Waals surface area contributed by atoms with Crippen LogP contribution in [-0.2, 0) is 5.88 Å². The third kappa shape index (κ3) is 2.36. The topological polar surface area (TPSA) is 12.9 Å². The van der Waals surface area contributed by atoms with Gasteiger partial charge in [0.25, 0.3) is 0 Å². The van der Waals surface area contributed by atoms with Gasteiger partial charge in [-0.1, -0.05) is 0 Å². The third-order valence-electron chi connectivity index (χ3n) is 1.97. The first-order chi connectivity index (χ1) is 7.19. The molecule has 0 N–H and O–H groups in total. The Balaban J connectivity index is 2.44. The van der Waals surface area contributed by atoms with E-state index >= 15 is 0 Å².